The third-order valence-electron chi connectivity index (χ3n) is 5.35. The first-order chi connectivity index (χ1) is 14.2. The number of fused-ring (bicyclic) bond motifs is 2. The maximum absolute atomic E-state index is 12.9. The van der Waals surface area contributed by atoms with Gasteiger partial charge in [-0.2, -0.15) is 0 Å². The molecule has 0 radical (unpaired) electrons. The maximum atomic E-state index is 12.9. The molecule has 0 atom stereocenters. The van der Waals surface area contributed by atoms with Gasteiger partial charge in [-0.05, 0) is 12.1 Å². The van der Waals surface area contributed by atoms with E-state index >= 15 is 0 Å². The van der Waals surface area contributed by atoms with Crippen molar-refractivity contribution in [1.82, 2.24) is 14.9 Å². The number of hydrogen-bond donors (Lipinski definition) is 1. The van der Waals surface area contributed by atoms with Gasteiger partial charge in [0.05, 0.1) is 16.6 Å². The van der Waals surface area contributed by atoms with Crippen LogP contribution in [0.2, 0.25) is 0 Å². The van der Waals surface area contributed by atoms with Crippen molar-refractivity contribution in [2.24, 2.45) is 0 Å². The zero-order valence-corrected chi connectivity index (χ0v) is 15.8. The summed E-state index contributed by atoms with van der Waals surface area (Å²) in [5.41, 5.74) is 10.2. The Bertz CT molecular complexity index is 1250. The number of nitrogen functional groups attached to an aromatic ring is 1. The topological polar surface area (TPSA) is 85.2 Å². The summed E-state index contributed by atoms with van der Waals surface area (Å²) in [6.45, 7) is 1.92. The van der Waals surface area contributed by atoms with Gasteiger partial charge in [-0.1, -0.05) is 42.5 Å². The van der Waals surface area contributed by atoms with E-state index in [0.717, 1.165) is 35.6 Å². The van der Waals surface area contributed by atoms with E-state index in [2.05, 4.69) is 9.88 Å². The van der Waals surface area contributed by atoms with Crippen molar-refractivity contribution in [2.45, 2.75) is 19.5 Å². The van der Waals surface area contributed by atoms with Gasteiger partial charge in [0.15, 0.2) is 17.1 Å². The fraction of sp³-hybridized carbons (Fsp3) is 0.174. The van der Waals surface area contributed by atoms with Crippen molar-refractivity contribution < 1.29 is 4.42 Å². The Hall–Kier alpha value is -3.51. The van der Waals surface area contributed by atoms with Crippen molar-refractivity contribution in [3.05, 3.63) is 87.8 Å². The van der Waals surface area contributed by atoms with Gasteiger partial charge in [-0.15, -0.1) is 0 Å². The summed E-state index contributed by atoms with van der Waals surface area (Å²) < 4.78 is 5.68. The minimum absolute atomic E-state index is 0.0641. The molecular formula is C23H20N4O2. The molecule has 0 amide bonds. The Balaban J connectivity index is 1.41. The SMILES string of the molecule is Nc1oc2ccccc2c(=O)c1CN1CCc2nc(-c3ccccc3)ncc2C1. The van der Waals surface area contributed by atoms with E-state index in [1.54, 1.807) is 12.1 Å². The molecule has 0 fully saturated rings. The lowest BCUT2D eigenvalue weighted by Gasteiger charge is -2.28. The Morgan fingerprint density at radius 3 is 2.72 bits per heavy atom. The van der Waals surface area contributed by atoms with Gasteiger partial charge in [0.2, 0.25) is 0 Å². The fourth-order valence-corrected chi connectivity index (χ4v) is 3.81. The maximum Gasteiger partial charge on any atom is 0.199 e. The molecule has 0 aliphatic carbocycles. The van der Waals surface area contributed by atoms with E-state index in [0.29, 0.717) is 29.6 Å². The summed E-state index contributed by atoms with van der Waals surface area (Å²) in [6.07, 6.45) is 2.69. The highest BCUT2D eigenvalue weighted by Gasteiger charge is 2.22. The monoisotopic (exact) mass is 384 g/mol. The number of anilines is 1. The van der Waals surface area contributed by atoms with E-state index in [1.165, 1.54) is 0 Å². The molecule has 2 aromatic heterocycles. The zero-order chi connectivity index (χ0) is 19.8. The molecule has 4 aromatic rings. The van der Waals surface area contributed by atoms with Crippen LogP contribution in [-0.2, 0) is 19.5 Å². The lowest BCUT2D eigenvalue weighted by molar-refractivity contribution is 0.241. The molecule has 6 heteroatoms. The van der Waals surface area contributed by atoms with Gasteiger partial charge in [0, 0.05) is 43.4 Å². The molecule has 2 N–H and O–H groups in total. The summed E-state index contributed by atoms with van der Waals surface area (Å²) in [6, 6.07) is 17.2. The summed E-state index contributed by atoms with van der Waals surface area (Å²) in [5, 5.41) is 0.560. The Morgan fingerprint density at radius 1 is 1.07 bits per heavy atom. The number of benzene rings is 2. The zero-order valence-electron chi connectivity index (χ0n) is 15.8. The second-order valence-electron chi connectivity index (χ2n) is 7.26. The van der Waals surface area contributed by atoms with E-state index < -0.39 is 0 Å². The highest BCUT2D eigenvalue weighted by molar-refractivity contribution is 5.78. The van der Waals surface area contributed by atoms with Crippen LogP contribution in [0.4, 0.5) is 5.88 Å². The number of aromatic nitrogens is 2. The van der Waals surface area contributed by atoms with E-state index in [1.807, 2.05) is 48.7 Å². The van der Waals surface area contributed by atoms with Crippen molar-refractivity contribution in [2.75, 3.05) is 12.3 Å². The third-order valence-corrected chi connectivity index (χ3v) is 5.35. The van der Waals surface area contributed by atoms with Crippen molar-refractivity contribution in [3.63, 3.8) is 0 Å². The first-order valence-corrected chi connectivity index (χ1v) is 9.62. The average Bonchev–Trinajstić information content (AvgIpc) is 2.77. The number of rotatable bonds is 3. The summed E-state index contributed by atoms with van der Waals surface area (Å²) in [5.74, 6) is 0.937. The smallest absolute Gasteiger partial charge is 0.199 e. The molecule has 144 valence electrons. The second kappa shape index (κ2) is 7.14. The summed E-state index contributed by atoms with van der Waals surface area (Å²) in [7, 11) is 0. The highest BCUT2D eigenvalue weighted by atomic mass is 16.3. The normalized spacial score (nSPS) is 14.1. The van der Waals surface area contributed by atoms with E-state index in [4.69, 9.17) is 15.1 Å². The van der Waals surface area contributed by atoms with Gasteiger partial charge in [-0.25, -0.2) is 9.97 Å². The summed E-state index contributed by atoms with van der Waals surface area (Å²) >= 11 is 0. The predicted octanol–water partition coefficient (Wildman–Crippen LogP) is 3.39. The lowest BCUT2D eigenvalue weighted by atomic mass is 10.1. The Labute approximate surface area is 167 Å². The molecule has 2 aromatic carbocycles. The van der Waals surface area contributed by atoms with Gasteiger partial charge in [0.1, 0.15) is 5.58 Å². The van der Waals surface area contributed by atoms with Crippen LogP contribution < -0.4 is 11.2 Å². The largest absolute Gasteiger partial charge is 0.440 e. The lowest BCUT2D eigenvalue weighted by Crippen LogP contribution is -2.33. The minimum atomic E-state index is -0.0641. The fourth-order valence-electron chi connectivity index (χ4n) is 3.81. The van der Waals surface area contributed by atoms with Crippen LogP contribution in [0.1, 0.15) is 16.8 Å². The van der Waals surface area contributed by atoms with Crippen LogP contribution >= 0.6 is 0 Å². The van der Waals surface area contributed by atoms with Crippen molar-refractivity contribution >= 4 is 16.9 Å². The average molecular weight is 384 g/mol. The van der Waals surface area contributed by atoms with Crippen molar-refractivity contribution in [1.29, 1.82) is 0 Å². The second-order valence-corrected chi connectivity index (χ2v) is 7.26. The highest BCUT2D eigenvalue weighted by Crippen LogP contribution is 2.24. The summed E-state index contributed by atoms with van der Waals surface area (Å²) in [4.78, 5) is 24.4. The van der Waals surface area contributed by atoms with Gasteiger partial charge >= 0.3 is 0 Å². The van der Waals surface area contributed by atoms with Gasteiger partial charge in [0.25, 0.3) is 0 Å². The number of nitrogens with zero attached hydrogens (tertiary/aromatic N) is 3. The molecule has 1 aliphatic heterocycles. The number of nitrogens with two attached hydrogens (primary N) is 1. The van der Waals surface area contributed by atoms with Crippen LogP contribution in [0.5, 0.6) is 0 Å². The van der Waals surface area contributed by atoms with E-state index in [9.17, 15) is 4.79 Å². The molecular weight excluding hydrogens is 364 g/mol. The standard InChI is InChI=1S/C23H20N4O2/c24-22-18(21(28)17-8-4-5-9-20(17)29-22)14-27-11-10-19-16(13-27)12-25-23(26-19)15-6-2-1-3-7-15/h1-9,12H,10-11,13-14,24H2. The molecule has 0 spiro atoms. The molecule has 0 bridgehead atoms. The molecule has 29 heavy (non-hydrogen) atoms. The Kier molecular flexibility index (Phi) is 4.33. The van der Waals surface area contributed by atoms with Gasteiger partial charge < -0.3 is 10.2 Å². The first-order valence-electron chi connectivity index (χ1n) is 9.62. The van der Waals surface area contributed by atoms with E-state index in [-0.39, 0.29) is 11.3 Å². The van der Waals surface area contributed by atoms with Gasteiger partial charge in [-0.3, -0.25) is 9.69 Å². The molecule has 0 unspecified atom stereocenters. The molecule has 6 nitrogen and oxygen atoms in total. The Morgan fingerprint density at radius 2 is 1.86 bits per heavy atom. The molecule has 0 saturated carbocycles. The predicted molar refractivity (Wildman–Crippen MR) is 112 cm³/mol. The molecule has 5 rings (SSSR count). The molecule has 0 saturated heterocycles. The van der Waals surface area contributed by atoms with Crippen LogP contribution in [0.3, 0.4) is 0 Å². The number of hydrogen-bond acceptors (Lipinski definition) is 6. The van der Waals surface area contributed by atoms with Crippen LogP contribution in [0.15, 0.2) is 70.0 Å². The number of para-hydroxylation sites is 1. The first kappa shape index (κ1) is 17.6. The molecule has 1 aliphatic rings. The third kappa shape index (κ3) is 3.28. The van der Waals surface area contributed by atoms with Crippen LogP contribution in [0, 0.1) is 0 Å². The molecule has 3 heterocycles. The van der Waals surface area contributed by atoms with Crippen LogP contribution in [-0.4, -0.2) is 21.4 Å². The minimum Gasteiger partial charge on any atom is -0.440 e. The quantitative estimate of drug-likeness (QED) is 0.583. The van der Waals surface area contributed by atoms with Crippen molar-refractivity contribution in [3.8, 4) is 11.4 Å². The van der Waals surface area contributed by atoms with Crippen LogP contribution in [0.25, 0.3) is 22.4 Å².